The Morgan fingerprint density at radius 2 is 1.78 bits per heavy atom. The topological polar surface area (TPSA) is 117 Å². The van der Waals surface area contributed by atoms with Crippen molar-refractivity contribution < 1.29 is 23.9 Å². The number of carbonyl (C=O) groups excluding carboxylic acids is 4. The van der Waals surface area contributed by atoms with E-state index < -0.39 is 29.6 Å². The van der Waals surface area contributed by atoms with Crippen LogP contribution in [0.2, 0.25) is 0 Å². The van der Waals surface area contributed by atoms with Crippen LogP contribution in [0.5, 0.6) is 5.75 Å². The fourth-order valence-corrected chi connectivity index (χ4v) is 3.14. The second-order valence-electron chi connectivity index (χ2n) is 6.07. The molecule has 0 aromatic heterocycles. The molecule has 136 valence electrons. The number of hydrogen-bond acceptors (Lipinski definition) is 5. The molecule has 3 N–H and O–H groups in total. The molecule has 1 fully saturated rings. The highest BCUT2D eigenvalue weighted by Gasteiger charge is 2.56. The summed E-state index contributed by atoms with van der Waals surface area (Å²) in [5, 5.41) is 7.25. The van der Waals surface area contributed by atoms with Crippen molar-refractivity contribution in [2.45, 2.75) is 5.66 Å². The van der Waals surface area contributed by atoms with Crippen LogP contribution in [0.4, 0.5) is 15.3 Å². The fourth-order valence-electron chi connectivity index (χ4n) is 3.14. The SMILES string of the molecule is CN1C(=O)Nc2ccc(OC(=O)c3ccccc3)cc2C12NC(=O)NC2=O. The molecule has 0 aliphatic carbocycles. The van der Waals surface area contributed by atoms with Gasteiger partial charge in [0.25, 0.3) is 5.91 Å². The summed E-state index contributed by atoms with van der Waals surface area (Å²) in [5.74, 6) is -1.10. The third-order valence-corrected chi connectivity index (χ3v) is 4.50. The number of anilines is 1. The van der Waals surface area contributed by atoms with E-state index in [0.717, 1.165) is 4.90 Å². The first-order valence-electron chi connectivity index (χ1n) is 8.02. The van der Waals surface area contributed by atoms with E-state index in [1.165, 1.54) is 25.2 Å². The number of nitrogens with zero attached hydrogens (tertiary/aromatic N) is 1. The number of benzene rings is 2. The number of hydrogen-bond donors (Lipinski definition) is 3. The van der Waals surface area contributed by atoms with Crippen LogP contribution in [-0.4, -0.2) is 35.9 Å². The minimum Gasteiger partial charge on any atom is -0.423 e. The van der Waals surface area contributed by atoms with Gasteiger partial charge < -0.3 is 15.4 Å². The van der Waals surface area contributed by atoms with Gasteiger partial charge in [-0.15, -0.1) is 0 Å². The molecule has 5 amide bonds. The van der Waals surface area contributed by atoms with Crippen LogP contribution < -0.4 is 20.7 Å². The van der Waals surface area contributed by atoms with Crippen molar-refractivity contribution in [1.29, 1.82) is 0 Å². The Kier molecular flexibility index (Phi) is 3.58. The van der Waals surface area contributed by atoms with Crippen molar-refractivity contribution in [3.8, 4) is 5.75 Å². The predicted octanol–water partition coefficient (Wildman–Crippen LogP) is 1.38. The van der Waals surface area contributed by atoms with E-state index in [4.69, 9.17) is 4.74 Å². The molecule has 1 spiro atoms. The number of carbonyl (C=O) groups is 4. The van der Waals surface area contributed by atoms with Crippen molar-refractivity contribution >= 4 is 29.6 Å². The van der Waals surface area contributed by atoms with E-state index in [1.807, 2.05) is 0 Å². The molecule has 2 aliphatic rings. The van der Waals surface area contributed by atoms with E-state index in [1.54, 1.807) is 30.3 Å². The molecule has 4 rings (SSSR count). The smallest absolute Gasteiger partial charge is 0.343 e. The monoisotopic (exact) mass is 366 g/mol. The molecule has 2 aliphatic heterocycles. The van der Waals surface area contributed by atoms with E-state index in [2.05, 4.69) is 16.0 Å². The zero-order chi connectivity index (χ0) is 19.2. The Balaban J connectivity index is 1.75. The van der Waals surface area contributed by atoms with Crippen LogP contribution in [0.25, 0.3) is 0 Å². The highest BCUT2D eigenvalue weighted by atomic mass is 16.5. The number of likely N-dealkylation sites (N-methyl/N-ethyl adjacent to an activating group) is 1. The summed E-state index contributed by atoms with van der Waals surface area (Å²) in [5.41, 5.74) is -0.743. The zero-order valence-corrected chi connectivity index (χ0v) is 14.1. The lowest BCUT2D eigenvalue weighted by atomic mass is 9.93. The Labute approximate surface area is 153 Å². The van der Waals surface area contributed by atoms with E-state index in [-0.39, 0.29) is 11.3 Å². The number of urea groups is 2. The Morgan fingerprint density at radius 3 is 2.44 bits per heavy atom. The predicted molar refractivity (Wildman–Crippen MR) is 93.0 cm³/mol. The summed E-state index contributed by atoms with van der Waals surface area (Å²) in [6, 6.07) is 11.6. The summed E-state index contributed by atoms with van der Waals surface area (Å²) in [7, 11) is 1.38. The minimum absolute atomic E-state index is 0.167. The first-order chi connectivity index (χ1) is 12.9. The number of rotatable bonds is 2. The summed E-state index contributed by atoms with van der Waals surface area (Å²) < 4.78 is 5.38. The van der Waals surface area contributed by atoms with E-state index in [0.29, 0.717) is 11.3 Å². The average molecular weight is 366 g/mol. The lowest BCUT2D eigenvalue weighted by Gasteiger charge is -2.40. The van der Waals surface area contributed by atoms with Crippen LogP contribution in [0.3, 0.4) is 0 Å². The molecule has 2 heterocycles. The normalized spacial score (nSPS) is 20.6. The number of fused-ring (bicyclic) bond motifs is 2. The van der Waals surface area contributed by atoms with E-state index in [9.17, 15) is 19.2 Å². The Bertz CT molecular complexity index is 991. The van der Waals surface area contributed by atoms with Gasteiger partial charge in [0.15, 0.2) is 0 Å². The van der Waals surface area contributed by atoms with Crippen molar-refractivity contribution in [1.82, 2.24) is 15.5 Å². The molecule has 1 unspecified atom stereocenters. The Morgan fingerprint density at radius 1 is 1.04 bits per heavy atom. The van der Waals surface area contributed by atoms with E-state index >= 15 is 0 Å². The fraction of sp³-hybridized carbons (Fsp3) is 0.111. The van der Waals surface area contributed by atoms with Crippen molar-refractivity contribution in [2.75, 3.05) is 12.4 Å². The molecule has 1 atom stereocenters. The van der Waals surface area contributed by atoms with Crippen molar-refractivity contribution in [2.24, 2.45) is 0 Å². The zero-order valence-electron chi connectivity index (χ0n) is 14.1. The third kappa shape index (κ3) is 2.48. The van der Waals surface area contributed by atoms with Crippen LogP contribution in [0.1, 0.15) is 15.9 Å². The van der Waals surface area contributed by atoms with Gasteiger partial charge in [-0.3, -0.25) is 15.0 Å². The summed E-state index contributed by atoms with van der Waals surface area (Å²) >= 11 is 0. The largest absolute Gasteiger partial charge is 0.423 e. The number of ether oxygens (including phenoxy) is 1. The lowest BCUT2D eigenvalue weighted by Crippen LogP contribution is -2.62. The molecule has 0 saturated carbocycles. The standard InChI is InChI=1S/C18H14N4O5/c1-22-17(26)19-13-8-7-11(27-14(23)10-5-3-2-4-6-10)9-12(13)18(22)15(24)20-16(25)21-18/h2-9H,1H3,(H,19,26)(H2,20,21,24,25). The maximum absolute atomic E-state index is 12.5. The average Bonchev–Trinajstić information content (AvgIpc) is 2.96. The Hall–Kier alpha value is -3.88. The summed E-state index contributed by atoms with van der Waals surface area (Å²) in [6.07, 6.45) is 0. The van der Waals surface area contributed by atoms with Gasteiger partial charge in [-0.05, 0) is 30.3 Å². The number of nitrogens with one attached hydrogen (secondary N) is 3. The number of imide groups is 1. The maximum atomic E-state index is 12.5. The number of esters is 1. The summed E-state index contributed by atoms with van der Waals surface area (Å²) in [4.78, 5) is 49.8. The second kappa shape index (κ2) is 5.84. The molecule has 2 aromatic rings. The second-order valence-corrected chi connectivity index (χ2v) is 6.07. The van der Waals surface area contributed by atoms with Crippen LogP contribution in [0, 0.1) is 0 Å². The van der Waals surface area contributed by atoms with Gasteiger partial charge in [-0.1, -0.05) is 18.2 Å². The van der Waals surface area contributed by atoms with Gasteiger partial charge in [-0.25, -0.2) is 14.4 Å². The molecule has 0 radical (unpaired) electrons. The van der Waals surface area contributed by atoms with Gasteiger partial charge in [-0.2, -0.15) is 0 Å². The van der Waals surface area contributed by atoms with Crippen LogP contribution in [-0.2, 0) is 10.5 Å². The van der Waals surface area contributed by atoms with Crippen molar-refractivity contribution in [3.63, 3.8) is 0 Å². The lowest BCUT2D eigenvalue weighted by molar-refractivity contribution is -0.129. The maximum Gasteiger partial charge on any atom is 0.343 e. The van der Waals surface area contributed by atoms with Gasteiger partial charge in [0.2, 0.25) is 5.66 Å². The third-order valence-electron chi connectivity index (χ3n) is 4.50. The molecule has 0 bridgehead atoms. The molecular weight excluding hydrogens is 352 g/mol. The quantitative estimate of drug-likeness (QED) is 0.422. The van der Waals surface area contributed by atoms with Gasteiger partial charge >= 0.3 is 18.0 Å². The highest BCUT2D eigenvalue weighted by molar-refractivity contribution is 6.12. The van der Waals surface area contributed by atoms with Crippen molar-refractivity contribution in [3.05, 3.63) is 59.7 Å². The molecule has 1 saturated heterocycles. The first kappa shape index (κ1) is 16.6. The molecule has 27 heavy (non-hydrogen) atoms. The number of amides is 5. The molecular formula is C18H14N4O5. The highest BCUT2D eigenvalue weighted by Crippen LogP contribution is 2.39. The molecule has 9 heteroatoms. The van der Waals surface area contributed by atoms with Gasteiger partial charge in [0, 0.05) is 12.6 Å². The van der Waals surface area contributed by atoms with Gasteiger partial charge in [0.1, 0.15) is 5.75 Å². The minimum atomic E-state index is -1.72. The first-order valence-corrected chi connectivity index (χ1v) is 8.02. The molecule has 9 nitrogen and oxygen atoms in total. The molecule has 2 aromatic carbocycles. The van der Waals surface area contributed by atoms with Gasteiger partial charge in [0.05, 0.1) is 11.3 Å². The summed E-state index contributed by atoms with van der Waals surface area (Å²) in [6.45, 7) is 0. The van der Waals surface area contributed by atoms with Crippen LogP contribution >= 0.6 is 0 Å². The van der Waals surface area contributed by atoms with Crippen LogP contribution in [0.15, 0.2) is 48.5 Å².